The average molecular weight is 370 g/mol. The van der Waals surface area contributed by atoms with Crippen molar-refractivity contribution in [3.8, 4) is 0 Å². The van der Waals surface area contributed by atoms with Crippen molar-refractivity contribution in [3.05, 3.63) is 0 Å². The first-order valence-corrected chi connectivity index (χ1v) is 10.1. The Morgan fingerprint density at radius 3 is 2.12 bits per heavy atom. The molecule has 0 bridgehead atoms. The monoisotopic (exact) mass is 369 g/mol. The lowest BCUT2D eigenvalue weighted by molar-refractivity contribution is -0.157. The third-order valence-corrected chi connectivity index (χ3v) is 5.09. The van der Waals surface area contributed by atoms with Gasteiger partial charge in [0.05, 0.1) is 19.1 Å². The zero-order valence-electron chi connectivity index (χ0n) is 17.6. The largest absolute Gasteiger partial charge is 0.460 e. The van der Waals surface area contributed by atoms with Crippen LogP contribution in [0.2, 0.25) is 0 Å². The summed E-state index contributed by atoms with van der Waals surface area (Å²) in [5.41, 5.74) is -0.798. The third kappa shape index (κ3) is 8.52. The van der Waals surface area contributed by atoms with Crippen molar-refractivity contribution in [1.82, 2.24) is 5.32 Å². The average Bonchev–Trinajstić information content (AvgIpc) is 2.49. The van der Waals surface area contributed by atoms with Gasteiger partial charge < -0.3 is 15.2 Å². The molecule has 0 aromatic rings. The highest BCUT2D eigenvalue weighted by molar-refractivity contribution is 5.84. The molecular formula is C21H39NO4. The Hall–Kier alpha value is -1.10. The molecule has 5 nitrogen and oxygen atoms in total. The van der Waals surface area contributed by atoms with Crippen LogP contribution >= 0.6 is 0 Å². The maximum atomic E-state index is 12.9. The zero-order chi connectivity index (χ0) is 20.0. The molecule has 1 fully saturated rings. The van der Waals surface area contributed by atoms with Gasteiger partial charge in [0, 0.05) is 5.92 Å². The van der Waals surface area contributed by atoms with Gasteiger partial charge in [0.25, 0.3) is 0 Å². The van der Waals surface area contributed by atoms with Gasteiger partial charge in [0.2, 0.25) is 5.91 Å². The molecule has 1 amide bonds. The number of carbonyl (C=O) groups excluding carboxylic acids is 2. The Kier molecular flexibility index (Phi) is 8.58. The van der Waals surface area contributed by atoms with Crippen LogP contribution in [0.15, 0.2) is 0 Å². The molecular weight excluding hydrogens is 330 g/mol. The number of carbonyl (C=O) groups is 2. The van der Waals surface area contributed by atoms with Crippen LogP contribution < -0.4 is 5.32 Å². The summed E-state index contributed by atoms with van der Waals surface area (Å²) in [6.07, 6.45) is 6.73. The highest BCUT2D eigenvalue weighted by Gasteiger charge is 2.32. The van der Waals surface area contributed by atoms with E-state index in [1.807, 2.05) is 41.5 Å². The van der Waals surface area contributed by atoms with Crippen molar-refractivity contribution in [1.29, 1.82) is 0 Å². The van der Waals surface area contributed by atoms with Crippen LogP contribution in [0.1, 0.15) is 86.5 Å². The summed E-state index contributed by atoms with van der Waals surface area (Å²) in [5.74, 6) is -0.381. The molecule has 1 aliphatic rings. The minimum absolute atomic E-state index is 0.0991. The van der Waals surface area contributed by atoms with Crippen LogP contribution in [0.3, 0.4) is 0 Å². The molecule has 1 saturated carbocycles. The summed E-state index contributed by atoms with van der Waals surface area (Å²) in [6.45, 7) is 11.3. The second-order valence-electron chi connectivity index (χ2n) is 9.84. The smallest absolute Gasteiger partial charge is 0.307 e. The normalized spacial score (nSPS) is 18.9. The van der Waals surface area contributed by atoms with Gasteiger partial charge in [-0.2, -0.15) is 0 Å². The minimum atomic E-state index is -0.554. The quantitative estimate of drug-likeness (QED) is 0.669. The van der Waals surface area contributed by atoms with Crippen molar-refractivity contribution in [2.45, 2.75) is 98.1 Å². The van der Waals surface area contributed by atoms with Crippen LogP contribution in [0.25, 0.3) is 0 Å². The van der Waals surface area contributed by atoms with Gasteiger partial charge in [-0.3, -0.25) is 9.59 Å². The van der Waals surface area contributed by atoms with E-state index in [1.165, 1.54) is 19.3 Å². The highest BCUT2D eigenvalue weighted by Crippen LogP contribution is 2.31. The lowest BCUT2D eigenvalue weighted by Crippen LogP contribution is -2.48. The van der Waals surface area contributed by atoms with E-state index in [0.717, 1.165) is 12.8 Å². The van der Waals surface area contributed by atoms with Crippen LogP contribution in [-0.4, -0.2) is 35.2 Å². The van der Waals surface area contributed by atoms with Crippen molar-refractivity contribution in [2.75, 3.05) is 6.61 Å². The molecule has 5 heteroatoms. The first-order valence-electron chi connectivity index (χ1n) is 10.1. The molecule has 0 saturated heterocycles. The Balaban J connectivity index is 2.80. The Morgan fingerprint density at radius 1 is 1.08 bits per heavy atom. The number of amides is 1. The lowest BCUT2D eigenvalue weighted by Gasteiger charge is -2.32. The standard InChI is InChI=1S/C21H39NO4/c1-20(2,3)17(14-23)22-19(25)16(12-15-10-8-7-9-11-15)13-18(24)26-21(4,5)6/h15-17,23H,7-14H2,1-6H3,(H,22,25)/t16-,17-/m1/s1. The molecule has 2 atom stereocenters. The van der Waals surface area contributed by atoms with E-state index >= 15 is 0 Å². The summed E-state index contributed by atoms with van der Waals surface area (Å²) in [5, 5.41) is 12.6. The van der Waals surface area contributed by atoms with E-state index < -0.39 is 11.5 Å². The fourth-order valence-electron chi connectivity index (χ4n) is 3.52. The molecule has 26 heavy (non-hydrogen) atoms. The first-order chi connectivity index (χ1) is 11.9. The number of hydrogen-bond donors (Lipinski definition) is 2. The van der Waals surface area contributed by atoms with E-state index in [4.69, 9.17) is 4.74 Å². The van der Waals surface area contributed by atoms with Gasteiger partial charge in [-0.25, -0.2) is 0 Å². The Morgan fingerprint density at radius 2 is 1.65 bits per heavy atom. The number of aliphatic hydroxyl groups excluding tert-OH is 1. The number of esters is 1. The molecule has 152 valence electrons. The van der Waals surface area contributed by atoms with Gasteiger partial charge in [-0.05, 0) is 38.5 Å². The van der Waals surface area contributed by atoms with Gasteiger partial charge in [-0.1, -0.05) is 52.9 Å². The molecule has 0 heterocycles. The second-order valence-corrected chi connectivity index (χ2v) is 9.84. The molecule has 1 aliphatic carbocycles. The number of hydrogen-bond acceptors (Lipinski definition) is 4. The van der Waals surface area contributed by atoms with Crippen LogP contribution in [0, 0.1) is 17.3 Å². The molecule has 2 N–H and O–H groups in total. The number of nitrogens with one attached hydrogen (secondary N) is 1. The SMILES string of the molecule is CC(C)(C)OC(=O)C[C@@H](CC1CCCCC1)C(=O)N[C@H](CO)C(C)(C)C. The number of rotatable bonds is 7. The van der Waals surface area contributed by atoms with E-state index in [0.29, 0.717) is 12.3 Å². The fourth-order valence-corrected chi connectivity index (χ4v) is 3.52. The predicted octanol–water partition coefficient (Wildman–Crippen LogP) is 3.83. The van der Waals surface area contributed by atoms with Crippen LogP contribution in [-0.2, 0) is 14.3 Å². The third-order valence-electron chi connectivity index (χ3n) is 5.09. The maximum Gasteiger partial charge on any atom is 0.307 e. The van der Waals surface area contributed by atoms with E-state index in [9.17, 15) is 14.7 Å². The van der Waals surface area contributed by atoms with Gasteiger partial charge in [0.1, 0.15) is 5.60 Å². The second kappa shape index (κ2) is 9.72. The summed E-state index contributed by atoms with van der Waals surface area (Å²) in [7, 11) is 0. The number of aliphatic hydroxyl groups is 1. The van der Waals surface area contributed by atoms with Crippen LogP contribution in [0.5, 0.6) is 0 Å². The molecule has 0 aliphatic heterocycles. The van der Waals surface area contributed by atoms with Crippen molar-refractivity contribution in [3.63, 3.8) is 0 Å². The molecule has 0 spiro atoms. The van der Waals surface area contributed by atoms with Crippen molar-refractivity contribution >= 4 is 11.9 Å². The highest BCUT2D eigenvalue weighted by atomic mass is 16.6. The van der Waals surface area contributed by atoms with E-state index in [1.54, 1.807) is 0 Å². The molecule has 0 radical (unpaired) electrons. The van der Waals surface area contributed by atoms with Crippen molar-refractivity contribution in [2.24, 2.45) is 17.3 Å². The molecule has 0 aromatic heterocycles. The van der Waals surface area contributed by atoms with E-state index in [2.05, 4.69) is 5.32 Å². The molecule has 0 unspecified atom stereocenters. The Bertz CT molecular complexity index is 456. The number of ether oxygens (including phenoxy) is 1. The zero-order valence-corrected chi connectivity index (χ0v) is 17.6. The van der Waals surface area contributed by atoms with Gasteiger partial charge >= 0.3 is 5.97 Å². The Labute approximate surface area is 159 Å². The van der Waals surface area contributed by atoms with Gasteiger partial charge in [-0.15, -0.1) is 0 Å². The maximum absolute atomic E-state index is 12.9. The van der Waals surface area contributed by atoms with Crippen molar-refractivity contribution < 1.29 is 19.4 Å². The summed E-state index contributed by atoms with van der Waals surface area (Å²) < 4.78 is 5.44. The summed E-state index contributed by atoms with van der Waals surface area (Å²) in [4.78, 5) is 25.2. The first kappa shape index (κ1) is 22.9. The predicted molar refractivity (Wildman–Crippen MR) is 104 cm³/mol. The van der Waals surface area contributed by atoms with Crippen LogP contribution in [0.4, 0.5) is 0 Å². The summed E-state index contributed by atoms with van der Waals surface area (Å²) in [6, 6.07) is -0.331. The summed E-state index contributed by atoms with van der Waals surface area (Å²) >= 11 is 0. The fraction of sp³-hybridized carbons (Fsp3) is 0.905. The van der Waals surface area contributed by atoms with Gasteiger partial charge in [0.15, 0.2) is 0 Å². The minimum Gasteiger partial charge on any atom is -0.460 e. The van der Waals surface area contributed by atoms with E-state index in [-0.39, 0.29) is 36.4 Å². The lowest BCUT2D eigenvalue weighted by atomic mass is 9.81. The topological polar surface area (TPSA) is 75.6 Å². The molecule has 1 rings (SSSR count). The molecule has 0 aromatic carbocycles.